The minimum absolute atomic E-state index is 0.0348. The fraction of sp³-hybridized carbons (Fsp3) is 0.562. The Morgan fingerprint density at radius 2 is 1.95 bits per heavy atom. The largest absolute Gasteiger partial charge is 0.349 e. The first-order valence-electron chi connectivity index (χ1n) is 7.25. The standard InChI is InChI=1S/C16H23ClN2O/c1-10(2)15(12-4-6-13(17)7-5-12)19-16(20)14-9-18-8-11(14)3/h4-7,10-11,14-15,18H,8-9H2,1-3H3,(H,19,20). The summed E-state index contributed by atoms with van der Waals surface area (Å²) < 4.78 is 0. The zero-order valence-corrected chi connectivity index (χ0v) is 13.1. The number of hydrogen-bond acceptors (Lipinski definition) is 2. The molecule has 4 heteroatoms. The number of nitrogens with one attached hydrogen (secondary N) is 2. The Morgan fingerprint density at radius 1 is 1.30 bits per heavy atom. The molecule has 2 rings (SSSR count). The highest BCUT2D eigenvalue weighted by atomic mass is 35.5. The molecule has 0 spiro atoms. The Labute approximate surface area is 126 Å². The van der Waals surface area contributed by atoms with Crippen LogP contribution in [0.5, 0.6) is 0 Å². The van der Waals surface area contributed by atoms with E-state index in [1.807, 2.05) is 24.3 Å². The van der Waals surface area contributed by atoms with Gasteiger partial charge in [-0.1, -0.05) is 44.5 Å². The third-order valence-electron chi connectivity index (χ3n) is 4.05. The molecule has 2 N–H and O–H groups in total. The van der Waals surface area contributed by atoms with Crippen LogP contribution < -0.4 is 10.6 Å². The second-order valence-electron chi connectivity index (χ2n) is 6.02. The molecule has 1 aliphatic rings. The van der Waals surface area contributed by atoms with E-state index in [9.17, 15) is 4.79 Å². The first-order valence-corrected chi connectivity index (χ1v) is 7.63. The second kappa shape index (κ2) is 6.59. The van der Waals surface area contributed by atoms with Gasteiger partial charge in [-0.15, -0.1) is 0 Å². The van der Waals surface area contributed by atoms with Gasteiger partial charge >= 0.3 is 0 Å². The lowest BCUT2D eigenvalue weighted by atomic mass is 9.93. The molecule has 0 saturated carbocycles. The van der Waals surface area contributed by atoms with Gasteiger partial charge in [0.1, 0.15) is 0 Å². The Kier molecular flexibility index (Phi) is 5.06. The summed E-state index contributed by atoms with van der Waals surface area (Å²) in [6, 6.07) is 7.76. The highest BCUT2D eigenvalue weighted by Gasteiger charge is 2.31. The van der Waals surface area contributed by atoms with Crippen molar-refractivity contribution in [2.45, 2.75) is 26.8 Å². The van der Waals surface area contributed by atoms with Gasteiger partial charge < -0.3 is 10.6 Å². The number of carbonyl (C=O) groups excluding carboxylic acids is 1. The monoisotopic (exact) mass is 294 g/mol. The van der Waals surface area contributed by atoms with Gasteiger partial charge in [-0.3, -0.25) is 4.79 Å². The van der Waals surface area contributed by atoms with E-state index in [-0.39, 0.29) is 17.9 Å². The molecule has 3 unspecified atom stereocenters. The lowest BCUT2D eigenvalue weighted by molar-refractivity contribution is -0.126. The zero-order chi connectivity index (χ0) is 14.7. The van der Waals surface area contributed by atoms with Gasteiger partial charge in [0.25, 0.3) is 0 Å². The maximum absolute atomic E-state index is 12.4. The molecule has 0 bridgehead atoms. The zero-order valence-electron chi connectivity index (χ0n) is 12.3. The van der Waals surface area contributed by atoms with E-state index >= 15 is 0 Å². The van der Waals surface area contributed by atoms with Crippen molar-refractivity contribution in [3.63, 3.8) is 0 Å². The van der Waals surface area contributed by atoms with Crippen molar-refractivity contribution in [3.8, 4) is 0 Å². The van der Waals surface area contributed by atoms with Crippen LogP contribution in [0, 0.1) is 17.8 Å². The number of rotatable bonds is 4. The van der Waals surface area contributed by atoms with Gasteiger partial charge in [-0.25, -0.2) is 0 Å². The van der Waals surface area contributed by atoms with Crippen molar-refractivity contribution in [2.24, 2.45) is 17.8 Å². The summed E-state index contributed by atoms with van der Waals surface area (Å²) in [6.45, 7) is 8.06. The predicted octanol–water partition coefficient (Wildman–Crippen LogP) is 3.01. The van der Waals surface area contributed by atoms with Gasteiger partial charge in [0.15, 0.2) is 0 Å². The summed E-state index contributed by atoms with van der Waals surface area (Å²) in [4.78, 5) is 12.4. The molecule has 20 heavy (non-hydrogen) atoms. The quantitative estimate of drug-likeness (QED) is 0.896. The number of carbonyl (C=O) groups is 1. The van der Waals surface area contributed by atoms with E-state index in [4.69, 9.17) is 11.6 Å². The summed E-state index contributed by atoms with van der Waals surface area (Å²) in [6.07, 6.45) is 0. The van der Waals surface area contributed by atoms with Gasteiger partial charge in [0.2, 0.25) is 5.91 Å². The molecule has 1 heterocycles. The fourth-order valence-electron chi connectivity index (χ4n) is 2.73. The number of hydrogen-bond donors (Lipinski definition) is 2. The summed E-state index contributed by atoms with van der Waals surface area (Å²) in [5.74, 6) is 0.956. The minimum atomic E-state index is 0.0348. The van der Waals surface area contributed by atoms with Crippen LogP contribution in [0.15, 0.2) is 24.3 Å². The summed E-state index contributed by atoms with van der Waals surface area (Å²) in [5, 5.41) is 7.20. The molecule has 3 nitrogen and oxygen atoms in total. The van der Waals surface area contributed by atoms with Crippen LogP contribution in [-0.4, -0.2) is 19.0 Å². The smallest absolute Gasteiger partial charge is 0.225 e. The van der Waals surface area contributed by atoms with Crippen LogP contribution in [0.1, 0.15) is 32.4 Å². The van der Waals surface area contributed by atoms with Crippen LogP contribution >= 0.6 is 11.6 Å². The molecule has 1 aromatic rings. The summed E-state index contributed by atoms with van der Waals surface area (Å²) >= 11 is 5.93. The van der Waals surface area contributed by atoms with Crippen molar-refractivity contribution in [3.05, 3.63) is 34.9 Å². The molecule has 0 radical (unpaired) electrons. The third kappa shape index (κ3) is 3.53. The maximum Gasteiger partial charge on any atom is 0.225 e. The molecule has 3 atom stereocenters. The molecule has 0 aromatic heterocycles. The highest BCUT2D eigenvalue weighted by Crippen LogP contribution is 2.25. The summed E-state index contributed by atoms with van der Waals surface area (Å²) in [5.41, 5.74) is 1.11. The van der Waals surface area contributed by atoms with E-state index in [0.29, 0.717) is 11.8 Å². The Balaban J connectivity index is 2.09. The lowest BCUT2D eigenvalue weighted by Gasteiger charge is -2.25. The molecular formula is C16H23ClN2O. The highest BCUT2D eigenvalue weighted by molar-refractivity contribution is 6.30. The van der Waals surface area contributed by atoms with Gasteiger partial charge in [0, 0.05) is 11.6 Å². The second-order valence-corrected chi connectivity index (χ2v) is 6.46. The Hall–Kier alpha value is -1.06. The maximum atomic E-state index is 12.4. The molecule has 1 amide bonds. The van der Waals surface area contributed by atoms with Crippen molar-refractivity contribution in [2.75, 3.05) is 13.1 Å². The van der Waals surface area contributed by atoms with Crippen LogP contribution in [0.3, 0.4) is 0 Å². The Morgan fingerprint density at radius 3 is 2.45 bits per heavy atom. The molecular weight excluding hydrogens is 272 g/mol. The van der Waals surface area contributed by atoms with Gasteiger partial charge in [-0.05, 0) is 36.1 Å². The fourth-order valence-corrected chi connectivity index (χ4v) is 2.85. The molecule has 1 saturated heterocycles. The van der Waals surface area contributed by atoms with E-state index in [1.165, 1.54) is 0 Å². The normalized spacial score (nSPS) is 23.9. The van der Waals surface area contributed by atoms with Gasteiger partial charge in [-0.2, -0.15) is 0 Å². The third-order valence-corrected chi connectivity index (χ3v) is 4.30. The van der Waals surface area contributed by atoms with Crippen LogP contribution in [-0.2, 0) is 4.79 Å². The van der Waals surface area contributed by atoms with E-state index in [0.717, 1.165) is 23.7 Å². The average molecular weight is 295 g/mol. The Bertz CT molecular complexity index is 458. The van der Waals surface area contributed by atoms with Gasteiger partial charge in [0.05, 0.1) is 12.0 Å². The van der Waals surface area contributed by atoms with Crippen LogP contribution in [0.4, 0.5) is 0 Å². The number of benzene rings is 1. The average Bonchev–Trinajstić information content (AvgIpc) is 2.83. The van der Waals surface area contributed by atoms with E-state index < -0.39 is 0 Å². The predicted molar refractivity (Wildman–Crippen MR) is 82.7 cm³/mol. The number of amides is 1. The van der Waals surface area contributed by atoms with Crippen molar-refractivity contribution in [1.82, 2.24) is 10.6 Å². The summed E-state index contributed by atoms with van der Waals surface area (Å²) in [7, 11) is 0. The SMILES string of the molecule is CC(C)C(NC(=O)C1CNCC1C)c1ccc(Cl)cc1. The van der Waals surface area contributed by atoms with Crippen molar-refractivity contribution < 1.29 is 4.79 Å². The van der Waals surface area contributed by atoms with Crippen LogP contribution in [0.2, 0.25) is 5.02 Å². The van der Waals surface area contributed by atoms with E-state index in [1.54, 1.807) is 0 Å². The van der Waals surface area contributed by atoms with Crippen molar-refractivity contribution >= 4 is 17.5 Å². The van der Waals surface area contributed by atoms with E-state index in [2.05, 4.69) is 31.4 Å². The topological polar surface area (TPSA) is 41.1 Å². The number of halogens is 1. The first-order chi connectivity index (χ1) is 9.49. The lowest BCUT2D eigenvalue weighted by Crippen LogP contribution is -2.38. The molecule has 0 aliphatic carbocycles. The molecule has 110 valence electrons. The van der Waals surface area contributed by atoms with Crippen LogP contribution in [0.25, 0.3) is 0 Å². The minimum Gasteiger partial charge on any atom is -0.349 e. The first kappa shape index (κ1) is 15.3. The molecule has 1 fully saturated rings. The molecule has 1 aromatic carbocycles. The molecule has 1 aliphatic heterocycles. The van der Waals surface area contributed by atoms with Crippen molar-refractivity contribution in [1.29, 1.82) is 0 Å².